The minimum Gasteiger partial charge on any atom is -0.478 e. The van der Waals surface area contributed by atoms with Gasteiger partial charge in [-0.1, -0.05) is 19.9 Å². The third kappa shape index (κ3) is 3.64. The van der Waals surface area contributed by atoms with Crippen molar-refractivity contribution in [3.63, 3.8) is 0 Å². The second kappa shape index (κ2) is 6.24. The average molecular weight is 194 g/mol. The number of hydrogen-bond acceptors (Lipinski definition) is 3. The highest BCUT2D eigenvalue weighted by atomic mass is 16.5. The SMILES string of the molecule is CCCNc1cccc(OCCC)n1. The molecule has 1 aromatic rings. The van der Waals surface area contributed by atoms with Gasteiger partial charge >= 0.3 is 0 Å². The van der Waals surface area contributed by atoms with Crippen LogP contribution in [-0.4, -0.2) is 18.1 Å². The van der Waals surface area contributed by atoms with E-state index in [0.717, 1.165) is 31.8 Å². The van der Waals surface area contributed by atoms with Crippen LogP contribution in [-0.2, 0) is 0 Å². The second-order valence-corrected chi connectivity index (χ2v) is 3.14. The summed E-state index contributed by atoms with van der Waals surface area (Å²) >= 11 is 0. The van der Waals surface area contributed by atoms with E-state index in [1.54, 1.807) is 0 Å². The molecule has 1 N–H and O–H groups in total. The average Bonchev–Trinajstić information content (AvgIpc) is 2.24. The molecule has 0 saturated heterocycles. The Morgan fingerprint density at radius 2 is 2.14 bits per heavy atom. The minimum atomic E-state index is 0.702. The maximum atomic E-state index is 5.42. The lowest BCUT2D eigenvalue weighted by Crippen LogP contribution is -2.03. The molecule has 14 heavy (non-hydrogen) atoms. The number of pyridine rings is 1. The van der Waals surface area contributed by atoms with Crippen molar-refractivity contribution in [2.75, 3.05) is 18.5 Å². The van der Waals surface area contributed by atoms with E-state index in [0.29, 0.717) is 5.88 Å². The zero-order valence-electron chi connectivity index (χ0n) is 8.92. The quantitative estimate of drug-likeness (QED) is 0.756. The van der Waals surface area contributed by atoms with Crippen LogP contribution in [0.4, 0.5) is 5.82 Å². The minimum absolute atomic E-state index is 0.702. The molecule has 0 atom stereocenters. The summed E-state index contributed by atoms with van der Waals surface area (Å²) in [5.74, 6) is 1.59. The third-order valence-corrected chi connectivity index (χ3v) is 1.73. The van der Waals surface area contributed by atoms with Crippen molar-refractivity contribution in [2.24, 2.45) is 0 Å². The molecule has 0 bridgehead atoms. The molecule has 0 amide bonds. The van der Waals surface area contributed by atoms with Gasteiger partial charge in [-0.3, -0.25) is 0 Å². The first kappa shape index (κ1) is 10.8. The molecule has 0 radical (unpaired) electrons. The van der Waals surface area contributed by atoms with Crippen LogP contribution in [0.2, 0.25) is 0 Å². The number of ether oxygens (including phenoxy) is 1. The summed E-state index contributed by atoms with van der Waals surface area (Å²) in [4.78, 5) is 4.31. The van der Waals surface area contributed by atoms with Gasteiger partial charge in [-0.15, -0.1) is 0 Å². The van der Waals surface area contributed by atoms with Crippen molar-refractivity contribution in [1.29, 1.82) is 0 Å². The van der Waals surface area contributed by atoms with Crippen LogP contribution in [0.5, 0.6) is 5.88 Å². The molecule has 78 valence electrons. The van der Waals surface area contributed by atoms with Crippen molar-refractivity contribution in [2.45, 2.75) is 26.7 Å². The Morgan fingerprint density at radius 3 is 2.86 bits per heavy atom. The highest BCUT2D eigenvalue weighted by molar-refractivity contribution is 5.36. The summed E-state index contributed by atoms with van der Waals surface area (Å²) < 4.78 is 5.42. The molecule has 0 fully saturated rings. The first-order valence-electron chi connectivity index (χ1n) is 5.20. The van der Waals surface area contributed by atoms with Gasteiger partial charge in [0.05, 0.1) is 6.61 Å². The summed E-state index contributed by atoms with van der Waals surface area (Å²) in [6.07, 6.45) is 2.11. The van der Waals surface area contributed by atoms with Gasteiger partial charge in [-0.05, 0) is 18.9 Å². The van der Waals surface area contributed by atoms with Crippen LogP contribution < -0.4 is 10.1 Å². The fourth-order valence-electron chi connectivity index (χ4n) is 1.05. The van der Waals surface area contributed by atoms with E-state index in [-0.39, 0.29) is 0 Å². The third-order valence-electron chi connectivity index (χ3n) is 1.73. The van der Waals surface area contributed by atoms with Gasteiger partial charge in [0.1, 0.15) is 5.82 Å². The maximum Gasteiger partial charge on any atom is 0.215 e. The molecular weight excluding hydrogens is 176 g/mol. The van der Waals surface area contributed by atoms with Gasteiger partial charge in [-0.2, -0.15) is 4.98 Å². The maximum absolute atomic E-state index is 5.42. The highest BCUT2D eigenvalue weighted by Crippen LogP contribution is 2.11. The molecule has 0 aromatic carbocycles. The predicted molar refractivity (Wildman–Crippen MR) is 58.8 cm³/mol. The van der Waals surface area contributed by atoms with E-state index >= 15 is 0 Å². The van der Waals surface area contributed by atoms with Crippen LogP contribution in [0.25, 0.3) is 0 Å². The van der Waals surface area contributed by atoms with Crippen molar-refractivity contribution < 1.29 is 4.74 Å². The molecule has 0 aliphatic heterocycles. The standard InChI is InChI=1S/C11H18N2O/c1-3-8-12-10-6-5-7-11(13-10)14-9-4-2/h5-7H,3-4,8-9H2,1-2H3,(H,12,13). The molecule has 3 heteroatoms. The molecule has 1 rings (SSSR count). The van der Waals surface area contributed by atoms with E-state index in [1.165, 1.54) is 0 Å². The van der Waals surface area contributed by atoms with Crippen LogP contribution in [0.15, 0.2) is 18.2 Å². The van der Waals surface area contributed by atoms with Crippen LogP contribution in [0.1, 0.15) is 26.7 Å². The molecule has 1 aromatic heterocycles. The first-order valence-corrected chi connectivity index (χ1v) is 5.20. The van der Waals surface area contributed by atoms with Gasteiger partial charge in [0.2, 0.25) is 5.88 Å². The fourth-order valence-corrected chi connectivity index (χ4v) is 1.05. The smallest absolute Gasteiger partial charge is 0.215 e. The number of nitrogens with one attached hydrogen (secondary N) is 1. The highest BCUT2D eigenvalue weighted by Gasteiger charge is 1.96. The monoisotopic (exact) mass is 194 g/mol. The lowest BCUT2D eigenvalue weighted by Gasteiger charge is -2.06. The zero-order chi connectivity index (χ0) is 10.2. The van der Waals surface area contributed by atoms with E-state index in [4.69, 9.17) is 4.74 Å². The van der Waals surface area contributed by atoms with Gasteiger partial charge < -0.3 is 10.1 Å². The van der Waals surface area contributed by atoms with Gasteiger partial charge in [0.15, 0.2) is 0 Å². The lowest BCUT2D eigenvalue weighted by molar-refractivity contribution is 0.305. The van der Waals surface area contributed by atoms with E-state index < -0.39 is 0 Å². The van der Waals surface area contributed by atoms with Crippen LogP contribution in [0, 0.1) is 0 Å². The molecule has 0 unspecified atom stereocenters. The van der Waals surface area contributed by atoms with E-state index in [9.17, 15) is 0 Å². The number of rotatable bonds is 6. The Bertz CT molecular complexity index is 240. The molecule has 0 saturated carbocycles. The molecule has 1 heterocycles. The number of anilines is 1. The van der Waals surface area contributed by atoms with Gasteiger partial charge in [0, 0.05) is 12.6 Å². The topological polar surface area (TPSA) is 34.1 Å². The molecule has 0 aliphatic rings. The second-order valence-electron chi connectivity index (χ2n) is 3.14. The Morgan fingerprint density at radius 1 is 1.29 bits per heavy atom. The van der Waals surface area contributed by atoms with Crippen molar-refractivity contribution in [3.05, 3.63) is 18.2 Å². The van der Waals surface area contributed by atoms with Crippen LogP contribution in [0.3, 0.4) is 0 Å². The predicted octanol–water partition coefficient (Wildman–Crippen LogP) is 2.69. The van der Waals surface area contributed by atoms with E-state index in [2.05, 4.69) is 24.1 Å². The van der Waals surface area contributed by atoms with E-state index in [1.807, 2.05) is 18.2 Å². The Balaban J connectivity index is 2.50. The number of aromatic nitrogens is 1. The zero-order valence-corrected chi connectivity index (χ0v) is 8.92. The fraction of sp³-hybridized carbons (Fsp3) is 0.545. The number of nitrogens with zero attached hydrogens (tertiary/aromatic N) is 1. The summed E-state index contributed by atoms with van der Waals surface area (Å²) in [7, 11) is 0. The molecular formula is C11H18N2O. The van der Waals surface area contributed by atoms with Crippen LogP contribution >= 0.6 is 0 Å². The van der Waals surface area contributed by atoms with Gasteiger partial charge in [-0.25, -0.2) is 0 Å². The largest absolute Gasteiger partial charge is 0.478 e. The number of hydrogen-bond donors (Lipinski definition) is 1. The molecule has 0 aliphatic carbocycles. The summed E-state index contributed by atoms with van der Waals surface area (Å²) in [5.41, 5.74) is 0. The summed E-state index contributed by atoms with van der Waals surface area (Å²) in [6, 6.07) is 5.79. The van der Waals surface area contributed by atoms with Crippen molar-refractivity contribution >= 4 is 5.82 Å². The van der Waals surface area contributed by atoms with Crippen molar-refractivity contribution in [1.82, 2.24) is 4.98 Å². The molecule has 3 nitrogen and oxygen atoms in total. The molecule has 0 spiro atoms. The first-order chi connectivity index (χ1) is 6.86. The summed E-state index contributed by atoms with van der Waals surface area (Å²) in [5, 5.41) is 3.22. The summed E-state index contributed by atoms with van der Waals surface area (Å²) in [6.45, 7) is 5.89. The Kier molecular flexibility index (Phi) is 4.83. The Hall–Kier alpha value is -1.25. The van der Waals surface area contributed by atoms with Gasteiger partial charge in [0.25, 0.3) is 0 Å². The normalized spacial score (nSPS) is 9.86. The van der Waals surface area contributed by atoms with Crippen molar-refractivity contribution in [3.8, 4) is 5.88 Å². The lowest BCUT2D eigenvalue weighted by atomic mass is 10.4. The Labute approximate surface area is 85.5 Å².